The molecule has 136 valence electrons. The molecule has 0 amide bonds. The Morgan fingerprint density at radius 3 is 2.68 bits per heavy atom. The number of aromatic nitrogens is 5. The first-order valence-corrected chi connectivity index (χ1v) is 8.88. The van der Waals surface area contributed by atoms with Crippen molar-refractivity contribution in [2.24, 2.45) is 0 Å². The Morgan fingerprint density at radius 2 is 1.79 bits per heavy atom. The molecule has 0 saturated heterocycles. The molecule has 0 aliphatic heterocycles. The fourth-order valence-corrected chi connectivity index (χ4v) is 3.35. The Bertz CT molecular complexity index is 1340. The first-order chi connectivity index (χ1) is 13.8. The molecule has 28 heavy (non-hydrogen) atoms. The SMILES string of the molecule is O=c1cc(CNc2ncnc3c2cnn3-c2ccccc2)c2ccccc2[nH]1. The van der Waals surface area contributed by atoms with E-state index < -0.39 is 0 Å². The predicted octanol–water partition coefficient (Wildman–Crippen LogP) is 3.27. The number of para-hydroxylation sites is 2. The van der Waals surface area contributed by atoms with Gasteiger partial charge in [-0.25, -0.2) is 14.6 Å². The fourth-order valence-electron chi connectivity index (χ4n) is 3.35. The molecule has 7 heteroatoms. The summed E-state index contributed by atoms with van der Waals surface area (Å²) in [6.07, 6.45) is 3.27. The maximum absolute atomic E-state index is 12.0. The average molecular weight is 368 g/mol. The molecule has 0 fully saturated rings. The van der Waals surface area contributed by atoms with E-state index in [1.807, 2.05) is 54.6 Å². The summed E-state index contributed by atoms with van der Waals surface area (Å²) in [5.41, 5.74) is 3.25. The Kier molecular flexibility index (Phi) is 3.83. The van der Waals surface area contributed by atoms with Crippen LogP contribution in [0.3, 0.4) is 0 Å². The van der Waals surface area contributed by atoms with Gasteiger partial charge < -0.3 is 10.3 Å². The van der Waals surface area contributed by atoms with Crippen molar-refractivity contribution >= 4 is 27.8 Å². The van der Waals surface area contributed by atoms with Crippen LogP contribution < -0.4 is 10.9 Å². The van der Waals surface area contributed by atoms with Crippen LogP contribution in [-0.2, 0) is 6.54 Å². The number of anilines is 1. The maximum Gasteiger partial charge on any atom is 0.248 e. The van der Waals surface area contributed by atoms with Crippen molar-refractivity contribution in [3.8, 4) is 5.69 Å². The number of benzene rings is 2. The highest BCUT2D eigenvalue weighted by molar-refractivity contribution is 5.87. The molecule has 0 bridgehead atoms. The van der Waals surface area contributed by atoms with Gasteiger partial charge in [-0.2, -0.15) is 5.10 Å². The Morgan fingerprint density at radius 1 is 0.964 bits per heavy atom. The van der Waals surface area contributed by atoms with Crippen molar-refractivity contribution in [3.63, 3.8) is 0 Å². The molecule has 5 aromatic rings. The number of hydrogen-bond acceptors (Lipinski definition) is 5. The number of hydrogen-bond donors (Lipinski definition) is 2. The molecular formula is C21H16N6O. The van der Waals surface area contributed by atoms with Gasteiger partial charge in [-0.3, -0.25) is 4.79 Å². The Balaban J connectivity index is 1.52. The van der Waals surface area contributed by atoms with Crippen molar-refractivity contribution < 1.29 is 0 Å². The maximum atomic E-state index is 12.0. The van der Waals surface area contributed by atoms with Gasteiger partial charge in [-0.1, -0.05) is 36.4 Å². The smallest absolute Gasteiger partial charge is 0.248 e. The predicted molar refractivity (Wildman–Crippen MR) is 109 cm³/mol. The molecule has 3 aromatic heterocycles. The summed E-state index contributed by atoms with van der Waals surface area (Å²) in [4.78, 5) is 23.6. The summed E-state index contributed by atoms with van der Waals surface area (Å²) in [5, 5.41) is 9.62. The zero-order valence-corrected chi connectivity index (χ0v) is 14.8. The molecule has 0 saturated carbocycles. The van der Waals surface area contributed by atoms with E-state index in [1.54, 1.807) is 16.9 Å². The molecule has 0 radical (unpaired) electrons. The number of nitrogens with zero attached hydrogens (tertiary/aromatic N) is 4. The van der Waals surface area contributed by atoms with Crippen LogP contribution in [0.1, 0.15) is 5.56 Å². The van der Waals surface area contributed by atoms with Crippen LogP contribution in [0, 0.1) is 0 Å². The lowest BCUT2D eigenvalue weighted by Gasteiger charge is -2.09. The topological polar surface area (TPSA) is 88.5 Å². The van der Waals surface area contributed by atoms with Gasteiger partial charge in [-0.05, 0) is 23.8 Å². The van der Waals surface area contributed by atoms with Crippen LogP contribution in [0.25, 0.3) is 27.6 Å². The third kappa shape index (κ3) is 2.79. The highest BCUT2D eigenvalue weighted by atomic mass is 16.1. The van der Waals surface area contributed by atoms with E-state index in [0.717, 1.165) is 33.2 Å². The molecule has 7 nitrogen and oxygen atoms in total. The average Bonchev–Trinajstić information content (AvgIpc) is 3.17. The molecule has 2 aromatic carbocycles. The molecular weight excluding hydrogens is 352 g/mol. The van der Waals surface area contributed by atoms with Gasteiger partial charge in [0, 0.05) is 23.5 Å². The number of nitrogens with one attached hydrogen (secondary N) is 2. The monoisotopic (exact) mass is 368 g/mol. The third-order valence-electron chi connectivity index (χ3n) is 4.65. The van der Waals surface area contributed by atoms with Crippen molar-refractivity contribution in [2.75, 3.05) is 5.32 Å². The van der Waals surface area contributed by atoms with Crippen molar-refractivity contribution in [1.82, 2.24) is 24.7 Å². The molecule has 0 unspecified atom stereocenters. The highest BCUT2D eigenvalue weighted by Crippen LogP contribution is 2.23. The van der Waals surface area contributed by atoms with E-state index in [0.29, 0.717) is 12.4 Å². The largest absolute Gasteiger partial charge is 0.365 e. The van der Waals surface area contributed by atoms with Crippen LogP contribution in [0.5, 0.6) is 0 Å². The molecule has 2 N–H and O–H groups in total. The van der Waals surface area contributed by atoms with E-state index in [-0.39, 0.29) is 5.56 Å². The first-order valence-electron chi connectivity index (χ1n) is 8.88. The number of H-pyrrole nitrogens is 1. The van der Waals surface area contributed by atoms with Gasteiger partial charge in [-0.15, -0.1) is 0 Å². The molecule has 0 aliphatic carbocycles. The normalized spacial score (nSPS) is 11.1. The van der Waals surface area contributed by atoms with E-state index >= 15 is 0 Å². The second-order valence-electron chi connectivity index (χ2n) is 6.41. The summed E-state index contributed by atoms with van der Waals surface area (Å²) in [7, 11) is 0. The van der Waals surface area contributed by atoms with Crippen LogP contribution >= 0.6 is 0 Å². The summed E-state index contributed by atoms with van der Waals surface area (Å²) < 4.78 is 1.78. The zero-order valence-electron chi connectivity index (χ0n) is 14.8. The first kappa shape index (κ1) is 16.2. The Hall–Kier alpha value is -4.00. The van der Waals surface area contributed by atoms with E-state index in [2.05, 4.69) is 25.4 Å². The van der Waals surface area contributed by atoms with Gasteiger partial charge in [0.2, 0.25) is 5.56 Å². The number of fused-ring (bicyclic) bond motifs is 2. The van der Waals surface area contributed by atoms with Crippen LogP contribution in [0.15, 0.2) is 78.0 Å². The van der Waals surface area contributed by atoms with Crippen LogP contribution in [-0.4, -0.2) is 24.7 Å². The fraction of sp³-hybridized carbons (Fsp3) is 0.0476. The molecule has 5 rings (SSSR count). The zero-order chi connectivity index (χ0) is 18.9. The van der Waals surface area contributed by atoms with E-state index in [4.69, 9.17) is 0 Å². The summed E-state index contributed by atoms with van der Waals surface area (Å²) in [6.45, 7) is 0.465. The molecule has 0 aliphatic rings. The minimum absolute atomic E-state index is 0.125. The van der Waals surface area contributed by atoms with E-state index in [9.17, 15) is 4.79 Å². The van der Waals surface area contributed by atoms with Gasteiger partial charge in [0.05, 0.1) is 17.3 Å². The van der Waals surface area contributed by atoms with Gasteiger partial charge in [0.25, 0.3) is 0 Å². The summed E-state index contributed by atoms with van der Waals surface area (Å²) in [5.74, 6) is 0.677. The quantitative estimate of drug-likeness (QED) is 0.508. The minimum atomic E-state index is -0.125. The molecule has 0 atom stereocenters. The lowest BCUT2D eigenvalue weighted by molar-refractivity contribution is 0.895. The van der Waals surface area contributed by atoms with E-state index in [1.165, 1.54) is 6.33 Å². The standard InChI is InChI=1S/C21H16N6O/c28-19-10-14(16-8-4-5-9-18(16)26-19)11-22-20-17-12-25-27(21(17)24-13-23-20)15-6-2-1-3-7-15/h1-10,12-13H,11H2,(H,26,28)(H,22,23,24). The van der Waals surface area contributed by atoms with Crippen molar-refractivity contribution in [3.05, 3.63) is 89.1 Å². The highest BCUT2D eigenvalue weighted by Gasteiger charge is 2.11. The number of pyridine rings is 1. The van der Waals surface area contributed by atoms with Gasteiger partial charge in [0.15, 0.2) is 5.65 Å². The lowest BCUT2D eigenvalue weighted by Crippen LogP contribution is -2.10. The Labute approximate surface area is 159 Å². The number of rotatable bonds is 4. The minimum Gasteiger partial charge on any atom is -0.365 e. The lowest BCUT2D eigenvalue weighted by atomic mass is 10.1. The van der Waals surface area contributed by atoms with Crippen molar-refractivity contribution in [1.29, 1.82) is 0 Å². The van der Waals surface area contributed by atoms with Gasteiger partial charge >= 0.3 is 0 Å². The number of aromatic amines is 1. The van der Waals surface area contributed by atoms with Crippen LogP contribution in [0.4, 0.5) is 5.82 Å². The molecule has 0 spiro atoms. The molecule has 3 heterocycles. The second kappa shape index (κ2) is 6.62. The summed E-state index contributed by atoms with van der Waals surface area (Å²) in [6, 6.07) is 19.2. The van der Waals surface area contributed by atoms with Gasteiger partial charge in [0.1, 0.15) is 12.1 Å². The van der Waals surface area contributed by atoms with Crippen LogP contribution in [0.2, 0.25) is 0 Å². The summed E-state index contributed by atoms with van der Waals surface area (Å²) >= 11 is 0. The van der Waals surface area contributed by atoms with Crippen molar-refractivity contribution in [2.45, 2.75) is 6.54 Å². The second-order valence-corrected chi connectivity index (χ2v) is 6.41. The third-order valence-corrected chi connectivity index (χ3v) is 4.65.